The van der Waals surface area contributed by atoms with Gasteiger partial charge in [-0.15, -0.1) is 0 Å². The molecule has 282 valence electrons. The minimum absolute atomic E-state index is 0.0484. The van der Waals surface area contributed by atoms with Gasteiger partial charge in [0, 0.05) is 40.4 Å². The fourth-order valence-electron chi connectivity index (χ4n) is 14.3. The number of hydrogen-bond donors (Lipinski definition) is 4. The lowest BCUT2D eigenvalue weighted by Crippen LogP contribution is -2.68. The van der Waals surface area contributed by atoms with E-state index < -0.39 is 57.9 Å². The summed E-state index contributed by atoms with van der Waals surface area (Å²) in [4.78, 5) is 36.1. The summed E-state index contributed by atoms with van der Waals surface area (Å²) in [5.41, 5.74) is -3.43. The van der Waals surface area contributed by atoms with Crippen LogP contribution in [0.2, 0.25) is 0 Å². The largest absolute Gasteiger partial charge is 0.393 e. The Morgan fingerprint density at radius 3 is 2.33 bits per heavy atom. The molecule has 0 aliphatic heterocycles. The summed E-state index contributed by atoms with van der Waals surface area (Å²) < 4.78 is 31.8. The highest BCUT2D eigenvalue weighted by Gasteiger charge is 2.72. The third-order valence-electron chi connectivity index (χ3n) is 16.9. The Balaban J connectivity index is 0.000000160. The van der Waals surface area contributed by atoms with E-state index in [-0.39, 0.29) is 65.2 Å². The molecule has 6 saturated carbocycles. The molecular weight excluding hydrogens is 654 g/mol. The number of carbonyl (C=O) groups excluding carboxylic acids is 3. The lowest BCUT2D eigenvalue weighted by atomic mass is 9.44. The van der Waals surface area contributed by atoms with Gasteiger partial charge in [-0.3, -0.25) is 14.4 Å². The quantitative estimate of drug-likeness (QED) is 0.278. The molecule has 51 heavy (non-hydrogen) atoms. The van der Waals surface area contributed by atoms with Gasteiger partial charge < -0.3 is 20.4 Å². The van der Waals surface area contributed by atoms with Gasteiger partial charge in [-0.2, -0.15) is 0 Å². The smallest absolute Gasteiger partial charge is 0.178 e. The van der Waals surface area contributed by atoms with E-state index in [4.69, 9.17) is 0 Å². The van der Waals surface area contributed by atoms with Gasteiger partial charge >= 0.3 is 0 Å². The van der Waals surface area contributed by atoms with Crippen molar-refractivity contribution in [1.82, 2.24) is 0 Å². The molecule has 6 fully saturated rings. The second kappa shape index (κ2) is 12.0. The average molecular weight is 713 g/mol. The number of Topliss-reactive ketones (excluding diaryl/α,β-unsaturated/α-hetero) is 1. The molecule has 8 rings (SSSR count). The second-order valence-corrected chi connectivity index (χ2v) is 19.1. The first-order valence-corrected chi connectivity index (χ1v) is 19.4. The van der Waals surface area contributed by atoms with E-state index in [0.29, 0.717) is 44.1 Å². The molecule has 0 aromatic carbocycles. The van der Waals surface area contributed by atoms with Crippen molar-refractivity contribution in [3.63, 3.8) is 0 Å². The Kier molecular flexibility index (Phi) is 8.74. The van der Waals surface area contributed by atoms with Gasteiger partial charge in [0.2, 0.25) is 0 Å². The van der Waals surface area contributed by atoms with Gasteiger partial charge in [0.1, 0.15) is 18.4 Å². The Labute approximate surface area is 301 Å². The van der Waals surface area contributed by atoms with Crippen LogP contribution in [0.4, 0.5) is 8.78 Å². The standard InChI is InChI=1S/C22H29FO4.C20H29FO3/c1-11-6-14-13-8-16(23)15-7-12(25)4-5-21(15,2)20(13)17(26)9-22(14,3)19(11)18(27)10-24;1-17-8-6-13(22)10-12(17)4-5-15-14-7-9-19(3,24)18(14,2)11-16(23)20(15,17)21/h4-5,7,11,13-14,16-17,19-20,24,26H,6,8-10H2,1-3H3;10,14-16,23-24H,4-9,11H2,1-3H3/t11-,13+,14+,16+,17+,19-,20-,21+,22+;14-,15-,16-,17-,18-,19-,20-/m10/s1. The van der Waals surface area contributed by atoms with Gasteiger partial charge in [-0.25, -0.2) is 8.78 Å². The fourth-order valence-corrected chi connectivity index (χ4v) is 14.3. The third kappa shape index (κ3) is 4.95. The molecule has 0 bridgehead atoms. The van der Waals surface area contributed by atoms with E-state index in [9.17, 15) is 34.8 Å². The van der Waals surface area contributed by atoms with E-state index >= 15 is 8.78 Å². The molecule has 0 amide bonds. The van der Waals surface area contributed by atoms with E-state index in [1.807, 2.05) is 41.5 Å². The maximum atomic E-state index is 16.6. The van der Waals surface area contributed by atoms with E-state index in [1.165, 1.54) is 12.2 Å². The molecule has 0 aromatic rings. The predicted octanol–water partition coefficient (Wildman–Crippen LogP) is 5.97. The summed E-state index contributed by atoms with van der Waals surface area (Å²) in [6.07, 6.45) is 8.99. The summed E-state index contributed by atoms with van der Waals surface area (Å²) >= 11 is 0. The molecule has 4 N–H and O–H groups in total. The van der Waals surface area contributed by atoms with Crippen LogP contribution >= 0.6 is 0 Å². The minimum atomic E-state index is -1.69. The molecule has 0 saturated heterocycles. The Bertz CT molecular complexity index is 1600. The van der Waals surface area contributed by atoms with Crippen molar-refractivity contribution in [2.24, 2.45) is 63.1 Å². The van der Waals surface area contributed by atoms with Crippen LogP contribution in [0.5, 0.6) is 0 Å². The zero-order valence-corrected chi connectivity index (χ0v) is 31.1. The van der Waals surface area contributed by atoms with Crippen molar-refractivity contribution in [2.45, 2.75) is 135 Å². The maximum absolute atomic E-state index is 16.6. The number of carbonyl (C=O) groups is 3. The van der Waals surface area contributed by atoms with Crippen LogP contribution in [0.1, 0.15) is 106 Å². The third-order valence-corrected chi connectivity index (χ3v) is 16.9. The van der Waals surface area contributed by atoms with Gasteiger partial charge in [-0.1, -0.05) is 46.3 Å². The number of aliphatic hydroxyl groups excluding tert-OH is 3. The average Bonchev–Trinajstić information content (AvgIpc) is 3.45. The fraction of sp³-hybridized carbons (Fsp3) is 0.786. The topological polar surface area (TPSA) is 132 Å². The molecule has 7 nitrogen and oxygen atoms in total. The predicted molar refractivity (Wildman–Crippen MR) is 187 cm³/mol. The molecular formula is C42H58F2O7. The van der Waals surface area contributed by atoms with Crippen LogP contribution in [0, 0.1) is 63.1 Å². The number of fused-ring (bicyclic) bond motifs is 10. The minimum Gasteiger partial charge on any atom is -0.393 e. The Morgan fingerprint density at radius 2 is 1.65 bits per heavy atom. The summed E-state index contributed by atoms with van der Waals surface area (Å²) in [7, 11) is 0. The zero-order valence-electron chi connectivity index (χ0n) is 31.1. The van der Waals surface area contributed by atoms with Crippen LogP contribution in [-0.4, -0.2) is 74.0 Å². The van der Waals surface area contributed by atoms with Crippen LogP contribution in [0.25, 0.3) is 0 Å². The van der Waals surface area contributed by atoms with Gasteiger partial charge in [-0.05, 0) is 118 Å². The van der Waals surface area contributed by atoms with Crippen LogP contribution < -0.4 is 0 Å². The molecule has 0 unspecified atom stereocenters. The van der Waals surface area contributed by atoms with Crippen LogP contribution in [0.3, 0.4) is 0 Å². The number of aliphatic hydroxyl groups is 4. The second-order valence-electron chi connectivity index (χ2n) is 19.1. The summed E-state index contributed by atoms with van der Waals surface area (Å²) in [5.74, 6) is -0.685. The lowest BCUT2D eigenvalue weighted by Gasteiger charge is -2.63. The van der Waals surface area contributed by atoms with Gasteiger partial charge in [0.05, 0.1) is 17.8 Å². The van der Waals surface area contributed by atoms with Crippen molar-refractivity contribution in [2.75, 3.05) is 6.61 Å². The van der Waals surface area contributed by atoms with Crippen molar-refractivity contribution >= 4 is 17.3 Å². The Hall–Kier alpha value is -2.07. The normalized spacial score (nSPS) is 54.0. The monoisotopic (exact) mass is 712 g/mol. The number of rotatable bonds is 2. The number of halogens is 2. The van der Waals surface area contributed by atoms with E-state index in [2.05, 4.69) is 0 Å². The first-order chi connectivity index (χ1) is 23.7. The summed E-state index contributed by atoms with van der Waals surface area (Å²) in [5, 5.41) is 42.5. The lowest BCUT2D eigenvalue weighted by molar-refractivity contribution is -0.225. The number of alkyl halides is 2. The highest BCUT2D eigenvalue weighted by molar-refractivity contribution is 6.01. The molecule has 0 aromatic heterocycles. The molecule has 0 spiro atoms. The molecule has 0 radical (unpaired) electrons. The number of hydrogen-bond acceptors (Lipinski definition) is 7. The summed E-state index contributed by atoms with van der Waals surface area (Å²) in [6.45, 7) is 11.3. The number of ketones is 3. The van der Waals surface area contributed by atoms with Gasteiger partial charge in [0.25, 0.3) is 0 Å². The van der Waals surface area contributed by atoms with E-state index in [1.54, 1.807) is 12.2 Å². The first-order valence-electron chi connectivity index (χ1n) is 19.4. The SMILES string of the molecule is C[C@@H]1C[C@H]2[C@@H]3C[C@H](F)C4=CC(=O)C=C[C@]4(C)[C@H]3[C@@H](O)C[C@]2(C)[C@H]1C(=O)CO.C[C@]1(O)CC[C@H]2[C@@H]3CCC4=CC(=O)CC[C@]4(C)[C@@]3(F)[C@@H](O)C[C@@]21C. The van der Waals surface area contributed by atoms with Crippen molar-refractivity contribution < 1.29 is 43.6 Å². The number of allylic oxidation sites excluding steroid dienone is 5. The van der Waals surface area contributed by atoms with Crippen LogP contribution in [0.15, 0.2) is 35.5 Å². The van der Waals surface area contributed by atoms with E-state index in [0.717, 1.165) is 24.8 Å². The van der Waals surface area contributed by atoms with Gasteiger partial charge in [0.15, 0.2) is 17.3 Å². The highest BCUT2D eigenvalue weighted by atomic mass is 19.1. The highest BCUT2D eigenvalue weighted by Crippen LogP contribution is 2.71. The Morgan fingerprint density at radius 1 is 0.941 bits per heavy atom. The van der Waals surface area contributed by atoms with Crippen molar-refractivity contribution in [1.29, 1.82) is 0 Å². The van der Waals surface area contributed by atoms with Crippen molar-refractivity contribution in [3.05, 3.63) is 35.5 Å². The first kappa shape index (κ1) is 37.3. The maximum Gasteiger partial charge on any atom is 0.178 e. The zero-order chi connectivity index (χ0) is 37.3. The molecule has 0 heterocycles. The molecule has 8 aliphatic carbocycles. The van der Waals surface area contributed by atoms with Crippen LogP contribution in [-0.2, 0) is 14.4 Å². The van der Waals surface area contributed by atoms with Crippen molar-refractivity contribution in [3.8, 4) is 0 Å². The molecule has 16 atom stereocenters. The summed E-state index contributed by atoms with van der Waals surface area (Å²) in [6, 6.07) is 0. The molecule has 9 heteroatoms. The molecule has 8 aliphatic rings.